The highest BCUT2D eigenvalue weighted by Gasteiger charge is 2.25. The Labute approximate surface area is 158 Å². The van der Waals surface area contributed by atoms with E-state index in [1.54, 1.807) is 0 Å². The van der Waals surface area contributed by atoms with Crippen molar-refractivity contribution in [3.05, 3.63) is 64.1 Å². The van der Waals surface area contributed by atoms with E-state index in [9.17, 15) is 4.79 Å². The molecule has 0 bridgehead atoms. The van der Waals surface area contributed by atoms with Gasteiger partial charge in [0.05, 0.1) is 0 Å². The largest absolute Gasteiger partial charge is 0.326 e. The fourth-order valence-corrected chi connectivity index (χ4v) is 3.70. The van der Waals surface area contributed by atoms with Gasteiger partial charge in [-0.25, -0.2) is 0 Å². The van der Waals surface area contributed by atoms with E-state index >= 15 is 0 Å². The Morgan fingerprint density at radius 2 is 1.96 bits per heavy atom. The van der Waals surface area contributed by atoms with E-state index in [0.717, 1.165) is 36.0 Å². The van der Waals surface area contributed by atoms with Crippen LogP contribution in [-0.4, -0.2) is 18.5 Å². The van der Waals surface area contributed by atoms with Crippen molar-refractivity contribution in [2.24, 2.45) is 0 Å². The van der Waals surface area contributed by atoms with Crippen LogP contribution < -0.4 is 10.6 Å². The van der Waals surface area contributed by atoms with Crippen LogP contribution in [0, 0.1) is 0 Å². The number of carbonyl (C=O) groups is 1. The van der Waals surface area contributed by atoms with E-state index in [1.807, 2.05) is 18.2 Å². The van der Waals surface area contributed by atoms with E-state index in [4.69, 9.17) is 0 Å². The quantitative estimate of drug-likeness (QED) is 0.695. The maximum atomic E-state index is 11.9. The summed E-state index contributed by atoms with van der Waals surface area (Å²) in [5, 5.41) is 6.67. The van der Waals surface area contributed by atoms with Crippen LogP contribution in [0.2, 0.25) is 0 Å². The minimum atomic E-state index is 0.119. The first-order chi connectivity index (χ1) is 12.2. The van der Waals surface area contributed by atoms with Gasteiger partial charge >= 0.3 is 0 Å². The van der Waals surface area contributed by atoms with Crippen LogP contribution in [0.3, 0.4) is 0 Å². The van der Waals surface area contributed by atoms with Gasteiger partial charge in [-0.2, -0.15) is 0 Å². The lowest BCUT2D eigenvalue weighted by atomic mass is 9.90. The molecule has 25 heavy (non-hydrogen) atoms. The van der Waals surface area contributed by atoms with Crippen molar-refractivity contribution in [3.8, 4) is 0 Å². The molecule has 132 valence electrons. The number of rotatable bonds is 7. The van der Waals surface area contributed by atoms with Gasteiger partial charge in [-0.1, -0.05) is 53.2 Å². The Morgan fingerprint density at radius 1 is 1.20 bits per heavy atom. The molecule has 1 aliphatic heterocycles. The van der Waals surface area contributed by atoms with Gasteiger partial charge in [0.15, 0.2) is 0 Å². The third kappa shape index (κ3) is 4.93. The summed E-state index contributed by atoms with van der Waals surface area (Å²) in [5.41, 5.74) is 3.58. The number of carbonyl (C=O) groups excluding carboxylic acids is 1. The van der Waals surface area contributed by atoms with Crippen molar-refractivity contribution < 1.29 is 4.79 Å². The number of halogens is 1. The SMILES string of the molecule is CCC(CCc1ccc(Br)cc1)NCC1CC(=O)Nc2ccccc21. The van der Waals surface area contributed by atoms with Gasteiger partial charge in [-0.15, -0.1) is 0 Å². The molecule has 2 unspecified atom stereocenters. The van der Waals surface area contributed by atoms with Crippen molar-refractivity contribution in [3.63, 3.8) is 0 Å². The van der Waals surface area contributed by atoms with Gasteiger partial charge in [-0.3, -0.25) is 4.79 Å². The Balaban J connectivity index is 1.56. The number of hydrogen-bond donors (Lipinski definition) is 2. The highest BCUT2D eigenvalue weighted by molar-refractivity contribution is 9.10. The van der Waals surface area contributed by atoms with Gasteiger partial charge in [0.2, 0.25) is 5.91 Å². The normalized spacial score (nSPS) is 17.7. The molecule has 2 aromatic carbocycles. The Bertz CT molecular complexity index is 714. The van der Waals surface area contributed by atoms with Crippen molar-refractivity contribution in [1.82, 2.24) is 5.32 Å². The molecule has 0 aromatic heterocycles. The predicted octanol–water partition coefficient (Wildman–Crippen LogP) is 4.88. The third-order valence-corrected chi connectivity index (χ3v) is 5.48. The Kier molecular flexibility index (Phi) is 6.27. The van der Waals surface area contributed by atoms with Crippen LogP contribution >= 0.6 is 15.9 Å². The molecule has 1 aliphatic rings. The molecule has 3 rings (SSSR count). The van der Waals surface area contributed by atoms with Crippen molar-refractivity contribution >= 4 is 27.5 Å². The Morgan fingerprint density at radius 3 is 2.72 bits per heavy atom. The minimum Gasteiger partial charge on any atom is -0.326 e. The first-order valence-corrected chi connectivity index (χ1v) is 9.81. The van der Waals surface area contributed by atoms with Crippen LogP contribution in [0.15, 0.2) is 53.0 Å². The summed E-state index contributed by atoms with van der Waals surface area (Å²) in [6.07, 6.45) is 3.84. The molecule has 2 N–H and O–H groups in total. The second kappa shape index (κ2) is 8.63. The maximum Gasteiger partial charge on any atom is 0.225 e. The van der Waals surface area contributed by atoms with Gasteiger partial charge in [0.1, 0.15) is 0 Å². The molecule has 2 atom stereocenters. The van der Waals surface area contributed by atoms with Crippen molar-refractivity contribution in [2.75, 3.05) is 11.9 Å². The van der Waals surface area contributed by atoms with Crippen LogP contribution in [0.5, 0.6) is 0 Å². The minimum absolute atomic E-state index is 0.119. The number of aryl methyl sites for hydroxylation is 1. The number of benzene rings is 2. The standard InChI is InChI=1S/C21H25BrN2O/c1-2-18(12-9-15-7-10-17(22)11-8-15)23-14-16-13-21(25)24-20-6-4-3-5-19(16)20/h3-8,10-11,16,18,23H,2,9,12-14H2,1H3,(H,24,25). The number of hydrogen-bond acceptors (Lipinski definition) is 2. The van der Waals surface area contributed by atoms with Gasteiger partial charge in [-0.05, 0) is 48.6 Å². The highest BCUT2D eigenvalue weighted by Crippen LogP contribution is 2.31. The molecule has 1 heterocycles. The number of anilines is 1. The number of nitrogens with one attached hydrogen (secondary N) is 2. The average molecular weight is 401 g/mol. The van der Waals surface area contributed by atoms with E-state index in [2.05, 4.69) is 63.8 Å². The lowest BCUT2D eigenvalue weighted by Crippen LogP contribution is -2.35. The van der Waals surface area contributed by atoms with E-state index < -0.39 is 0 Å². The fourth-order valence-electron chi connectivity index (χ4n) is 3.44. The summed E-state index contributed by atoms with van der Waals surface area (Å²) in [7, 11) is 0. The summed E-state index contributed by atoms with van der Waals surface area (Å²) in [6.45, 7) is 3.07. The summed E-state index contributed by atoms with van der Waals surface area (Å²) < 4.78 is 1.12. The summed E-state index contributed by atoms with van der Waals surface area (Å²) in [4.78, 5) is 11.9. The lowest BCUT2D eigenvalue weighted by molar-refractivity contribution is -0.116. The number of amides is 1. The lowest BCUT2D eigenvalue weighted by Gasteiger charge is -2.27. The van der Waals surface area contributed by atoms with Gasteiger partial charge < -0.3 is 10.6 Å². The van der Waals surface area contributed by atoms with E-state index in [-0.39, 0.29) is 11.8 Å². The molecule has 0 spiro atoms. The molecular weight excluding hydrogens is 376 g/mol. The van der Waals surface area contributed by atoms with Crippen LogP contribution in [0.25, 0.3) is 0 Å². The van der Waals surface area contributed by atoms with E-state index in [0.29, 0.717) is 12.5 Å². The number of para-hydroxylation sites is 1. The summed E-state index contributed by atoms with van der Waals surface area (Å²) >= 11 is 3.48. The molecule has 4 heteroatoms. The predicted molar refractivity (Wildman–Crippen MR) is 107 cm³/mol. The Hall–Kier alpha value is -1.65. The van der Waals surface area contributed by atoms with Crippen molar-refractivity contribution in [2.45, 2.75) is 44.6 Å². The molecule has 0 saturated carbocycles. The molecular formula is C21H25BrN2O. The van der Waals surface area contributed by atoms with Crippen LogP contribution in [0.1, 0.15) is 43.2 Å². The first kappa shape index (κ1) is 18.2. The molecule has 3 nitrogen and oxygen atoms in total. The summed E-state index contributed by atoms with van der Waals surface area (Å²) in [5.74, 6) is 0.375. The van der Waals surface area contributed by atoms with Crippen LogP contribution in [-0.2, 0) is 11.2 Å². The third-order valence-electron chi connectivity index (χ3n) is 4.95. The monoisotopic (exact) mass is 400 g/mol. The molecule has 0 radical (unpaired) electrons. The molecule has 0 saturated heterocycles. The summed E-state index contributed by atoms with van der Waals surface area (Å²) in [6, 6.07) is 17.2. The highest BCUT2D eigenvalue weighted by atomic mass is 79.9. The fraction of sp³-hybridized carbons (Fsp3) is 0.381. The average Bonchev–Trinajstić information content (AvgIpc) is 2.63. The van der Waals surface area contributed by atoms with Crippen molar-refractivity contribution in [1.29, 1.82) is 0 Å². The zero-order valence-electron chi connectivity index (χ0n) is 14.6. The molecule has 2 aromatic rings. The van der Waals surface area contributed by atoms with Gasteiger partial charge in [0, 0.05) is 35.1 Å². The second-order valence-corrected chi connectivity index (χ2v) is 7.63. The smallest absolute Gasteiger partial charge is 0.225 e. The van der Waals surface area contributed by atoms with E-state index in [1.165, 1.54) is 11.1 Å². The zero-order chi connectivity index (χ0) is 17.6. The van der Waals surface area contributed by atoms with Crippen LogP contribution in [0.4, 0.5) is 5.69 Å². The zero-order valence-corrected chi connectivity index (χ0v) is 16.2. The maximum absolute atomic E-state index is 11.9. The second-order valence-electron chi connectivity index (χ2n) is 6.72. The first-order valence-electron chi connectivity index (χ1n) is 9.02. The number of fused-ring (bicyclic) bond motifs is 1. The molecule has 0 aliphatic carbocycles. The molecule has 0 fully saturated rings. The molecule has 1 amide bonds. The van der Waals surface area contributed by atoms with Gasteiger partial charge in [0.25, 0.3) is 0 Å². The topological polar surface area (TPSA) is 41.1 Å².